The van der Waals surface area contributed by atoms with Crippen LogP contribution in [0.3, 0.4) is 0 Å². The number of ether oxygens (including phenoxy) is 1. The lowest BCUT2D eigenvalue weighted by atomic mass is 9.84. The first kappa shape index (κ1) is 12.0. The number of likely N-dealkylation sites (N-methyl/N-ethyl adjacent to an activating group) is 1. The molecule has 1 N–H and O–H groups in total. The summed E-state index contributed by atoms with van der Waals surface area (Å²) in [6.45, 7) is 7.74. The van der Waals surface area contributed by atoms with Crippen LogP contribution >= 0.6 is 0 Å². The molecule has 1 unspecified atom stereocenters. The molecule has 1 aliphatic heterocycles. The van der Waals surface area contributed by atoms with Crippen LogP contribution in [0.4, 0.5) is 0 Å². The molecule has 0 aliphatic carbocycles. The first-order chi connectivity index (χ1) is 6.72. The number of methoxy groups -OCH3 is 1. The van der Waals surface area contributed by atoms with Crippen LogP contribution in [0.2, 0.25) is 0 Å². The van der Waals surface area contributed by atoms with Crippen LogP contribution in [0.5, 0.6) is 0 Å². The van der Waals surface area contributed by atoms with Crippen LogP contribution in [0.15, 0.2) is 0 Å². The Morgan fingerprint density at radius 1 is 1.50 bits per heavy atom. The lowest BCUT2D eigenvalue weighted by Gasteiger charge is -2.31. The molecule has 14 heavy (non-hydrogen) atoms. The fraction of sp³-hybridized carbons (Fsp3) is 1.00. The van der Waals surface area contributed by atoms with Gasteiger partial charge >= 0.3 is 0 Å². The van der Waals surface area contributed by atoms with Crippen molar-refractivity contribution in [3.05, 3.63) is 0 Å². The highest BCUT2D eigenvalue weighted by molar-refractivity contribution is 4.88. The van der Waals surface area contributed by atoms with E-state index in [1.807, 2.05) is 0 Å². The van der Waals surface area contributed by atoms with Crippen LogP contribution in [0, 0.1) is 5.41 Å². The molecule has 0 bridgehead atoms. The van der Waals surface area contributed by atoms with Gasteiger partial charge in [-0.2, -0.15) is 0 Å². The van der Waals surface area contributed by atoms with Crippen molar-refractivity contribution in [2.24, 2.45) is 5.41 Å². The molecule has 1 rings (SSSR count). The standard InChI is InChI=1S/C11H24N2O/c1-4-11(5-6-12-9-11)10-13(2)7-8-14-3/h12H,4-10H2,1-3H3. The van der Waals surface area contributed by atoms with Crippen molar-refractivity contribution in [3.8, 4) is 0 Å². The van der Waals surface area contributed by atoms with Crippen molar-refractivity contribution in [3.63, 3.8) is 0 Å². The average Bonchev–Trinajstić information content (AvgIpc) is 2.64. The lowest BCUT2D eigenvalue weighted by Crippen LogP contribution is -2.38. The maximum Gasteiger partial charge on any atom is 0.0589 e. The van der Waals surface area contributed by atoms with Gasteiger partial charge in [0.2, 0.25) is 0 Å². The van der Waals surface area contributed by atoms with Crippen LogP contribution in [-0.2, 0) is 4.74 Å². The fourth-order valence-corrected chi connectivity index (χ4v) is 2.24. The van der Waals surface area contributed by atoms with Crippen LogP contribution in [-0.4, -0.2) is 51.8 Å². The molecule has 0 aromatic heterocycles. The largest absolute Gasteiger partial charge is 0.383 e. The third-order valence-corrected chi connectivity index (χ3v) is 3.36. The smallest absolute Gasteiger partial charge is 0.0589 e. The van der Waals surface area contributed by atoms with E-state index in [9.17, 15) is 0 Å². The summed E-state index contributed by atoms with van der Waals surface area (Å²) < 4.78 is 5.09. The van der Waals surface area contributed by atoms with Crippen molar-refractivity contribution in [2.45, 2.75) is 19.8 Å². The Bertz CT molecular complexity index is 155. The quantitative estimate of drug-likeness (QED) is 0.691. The highest BCUT2D eigenvalue weighted by Gasteiger charge is 2.32. The molecule has 0 amide bonds. The number of hydrogen-bond acceptors (Lipinski definition) is 3. The summed E-state index contributed by atoms with van der Waals surface area (Å²) in [6.07, 6.45) is 2.60. The number of rotatable bonds is 6. The summed E-state index contributed by atoms with van der Waals surface area (Å²) in [5.74, 6) is 0. The zero-order valence-electron chi connectivity index (χ0n) is 9.81. The maximum atomic E-state index is 5.09. The summed E-state index contributed by atoms with van der Waals surface area (Å²) in [4.78, 5) is 2.39. The average molecular weight is 200 g/mol. The zero-order valence-corrected chi connectivity index (χ0v) is 9.81. The minimum Gasteiger partial charge on any atom is -0.383 e. The predicted octanol–water partition coefficient (Wildman–Crippen LogP) is 0.954. The summed E-state index contributed by atoms with van der Waals surface area (Å²) in [5.41, 5.74) is 0.516. The summed E-state index contributed by atoms with van der Waals surface area (Å²) in [6, 6.07) is 0. The monoisotopic (exact) mass is 200 g/mol. The van der Waals surface area contributed by atoms with Gasteiger partial charge in [-0.1, -0.05) is 6.92 Å². The topological polar surface area (TPSA) is 24.5 Å². The Balaban J connectivity index is 2.32. The van der Waals surface area contributed by atoms with E-state index in [0.29, 0.717) is 5.41 Å². The van der Waals surface area contributed by atoms with Crippen molar-refractivity contribution in [2.75, 3.05) is 46.9 Å². The molecule has 3 nitrogen and oxygen atoms in total. The molecule has 0 spiro atoms. The molecule has 0 saturated carbocycles. The molecule has 1 saturated heterocycles. The first-order valence-corrected chi connectivity index (χ1v) is 5.61. The number of hydrogen-bond donors (Lipinski definition) is 1. The molecule has 84 valence electrons. The van der Waals surface area contributed by atoms with Gasteiger partial charge in [-0.15, -0.1) is 0 Å². The normalized spacial score (nSPS) is 27.4. The molecular formula is C11H24N2O. The molecule has 0 radical (unpaired) electrons. The zero-order chi connectivity index (χ0) is 10.4. The molecular weight excluding hydrogens is 176 g/mol. The Morgan fingerprint density at radius 2 is 2.29 bits per heavy atom. The van der Waals surface area contributed by atoms with Crippen LogP contribution < -0.4 is 5.32 Å². The van der Waals surface area contributed by atoms with E-state index in [-0.39, 0.29) is 0 Å². The Hall–Kier alpha value is -0.120. The van der Waals surface area contributed by atoms with Crippen molar-refractivity contribution in [1.29, 1.82) is 0 Å². The van der Waals surface area contributed by atoms with Gasteiger partial charge in [0, 0.05) is 26.7 Å². The van der Waals surface area contributed by atoms with Gasteiger partial charge in [-0.05, 0) is 31.8 Å². The first-order valence-electron chi connectivity index (χ1n) is 5.61. The van der Waals surface area contributed by atoms with E-state index < -0.39 is 0 Å². The predicted molar refractivity (Wildman–Crippen MR) is 59.6 cm³/mol. The third kappa shape index (κ3) is 3.23. The Kier molecular flexibility index (Phi) is 4.85. The summed E-state index contributed by atoms with van der Waals surface area (Å²) in [5, 5.41) is 3.47. The van der Waals surface area contributed by atoms with E-state index in [2.05, 4.69) is 24.2 Å². The molecule has 0 aromatic rings. The highest BCUT2D eigenvalue weighted by atomic mass is 16.5. The molecule has 1 atom stereocenters. The van der Waals surface area contributed by atoms with E-state index in [4.69, 9.17) is 4.74 Å². The van der Waals surface area contributed by atoms with E-state index in [1.165, 1.54) is 32.5 Å². The van der Waals surface area contributed by atoms with Gasteiger partial charge < -0.3 is 15.0 Å². The molecule has 1 aliphatic rings. The lowest BCUT2D eigenvalue weighted by molar-refractivity contribution is 0.128. The SMILES string of the molecule is CCC1(CN(C)CCOC)CCNC1. The molecule has 1 heterocycles. The van der Waals surface area contributed by atoms with E-state index in [0.717, 1.165) is 13.2 Å². The second kappa shape index (κ2) is 5.69. The van der Waals surface area contributed by atoms with Crippen LogP contribution in [0.25, 0.3) is 0 Å². The van der Waals surface area contributed by atoms with Gasteiger partial charge in [0.05, 0.1) is 6.61 Å². The molecule has 1 fully saturated rings. The maximum absolute atomic E-state index is 5.09. The minimum atomic E-state index is 0.516. The number of nitrogens with zero attached hydrogens (tertiary/aromatic N) is 1. The molecule has 0 aromatic carbocycles. The van der Waals surface area contributed by atoms with Gasteiger partial charge in [0.15, 0.2) is 0 Å². The van der Waals surface area contributed by atoms with E-state index in [1.54, 1.807) is 7.11 Å². The summed E-state index contributed by atoms with van der Waals surface area (Å²) >= 11 is 0. The minimum absolute atomic E-state index is 0.516. The summed E-state index contributed by atoms with van der Waals surface area (Å²) in [7, 11) is 3.95. The van der Waals surface area contributed by atoms with Crippen molar-refractivity contribution < 1.29 is 4.74 Å². The second-order valence-corrected chi connectivity index (χ2v) is 4.51. The molecule has 3 heteroatoms. The Morgan fingerprint density at radius 3 is 2.79 bits per heavy atom. The van der Waals surface area contributed by atoms with Gasteiger partial charge in [-0.3, -0.25) is 0 Å². The van der Waals surface area contributed by atoms with Gasteiger partial charge in [0.25, 0.3) is 0 Å². The number of nitrogens with one attached hydrogen (secondary N) is 1. The fourth-order valence-electron chi connectivity index (χ4n) is 2.24. The van der Waals surface area contributed by atoms with Gasteiger partial charge in [0.1, 0.15) is 0 Å². The van der Waals surface area contributed by atoms with Gasteiger partial charge in [-0.25, -0.2) is 0 Å². The third-order valence-electron chi connectivity index (χ3n) is 3.36. The van der Waals surface area contributed by atoms with E-state index >= 15 is 0 Å². The second-order valence-electron chi connectivity index (χ2n) is 4.51. The van der Waals surface area contributed by atoms with Crippen LogP contribution in [0.1, 0.15) is 19.8 Å². The van der Waals surface area contributed by atoms with Crippen molar-refractivity contribution in [1.82, 2.24) is 10.2 Å². The Labute approximate surface area is 87.8 Å². The van der Waals surface area contributed by atoms with Crippen molar-refractivity contribution >= 4 is 0 Å². The highest BCUT2D eigenvalue weighted by Crippen LogP contribution is 2.29.